The largest absolute Gasteiger partial charge is 0.298 e. The van der Waals surface area contributed by atoms with Gasteiger partial charge in [-0.15, -0.1) is 0 Å². The minimum absolute atomic E-state index is 0.0504. The average molecular weight is 223 g/mol. The van der Waals surface area contributed by atoms with E-state index in [1.165, 1.54) is 21.4 Å². The topological polar surface area (TPSA) is 17.1 Å². The molecule has 70 valence electrons. The minimum Gasteiger partial charge on any atom is -0.298 e. The van der Waals surface area contributed by atoms with Gasteiger partial charge in [0.25, 0.3) is 5.66 Å². The Kier molecular flexibility index (Phi) is 2.99. The molecular weight excluding hydrogens is 217 g/mol. The molecule has 0 heterocycles. The number of hydrogen-bond acceptors (Lipinski definition) is 1. The van der Waals surface area contributed by atoms with E-state index < -0.39 is 5.66 Å². The smallest absolute Gasteiger partial charge is 0.285 e. The third kappa shape index (κ3) is 2.45. The molecule has 1 aromatic carbocycles. The zero-order chi connectivity index (χ0) is 10.1. The van der Waals surface area contributed by atoms with Gasteiger partial charge in [-0.1, -0.05) is 26.9 Å². The Morgan fingerprint density at radius 1 is 1.46 bits per heavy atom. The minimum atomic E-state index is -3.10. The molecule has 0 aliphatic carbocycles. The maximum Gasteiger partial charge on any atom is 0.285 e. The SMILES string of the molecule is O=Cc1ccc(Cl)c(C(F)(F)P)c1. The lowest BCUT2D eigenvalue weighted by Gasteiger charge is -2.12. The van der Waals surface area contributed by atoms with Crippen LogP contribution in [0.15, 0.2) is 18.2 Å². The molecule has 5 heteroatoms. The normalized spacial score (nSPS) is 11.4. The predicted molar refractivity (Wildman–Crippen MR) is 50.4 cm³/mol. The number of hydrogen-bond donors (Lipinski definition) is 0. The van der Waals surface area contributed by atoms with Crippen molar-refractivity contribution in [1.29, 1.82) is 0 Å². The van der Waals surface area contributed by atoms with Gasteiger partial charge in [-0.3, -0.25) is 4.79 Å². The summed E-state index contributed by atoms with van der Waals surface area (Å²) in [5, 5.41) is -0.0504. The lowest BCUT2D eigenvalue weighted by molar-refractivity contribution is 0.104. The zero-order valence-electron chi connectivity index (χ0n) is 6.43. The number of carbonyl (C=O) groups excluding carboxylic acids is 1. The Morgan fingerprint density at radius 2 is 2.08 bits per heavy atom. The fraction of sp³-hybridized carbons (Fsp3) is 0.125. The second-order valence-electron chi connectivity index (χ2n) is 2.48. The first-order chi connectivity index (χ1) is 5.95. The maximum absolute atomic E-state index is 12.8. The molecule has 0 spiro atoms. The first-order valence-corrected chi connectivity index (χ1v) is 4.32. The first-order valence-electron chi connectivity index (χ1n) is 3.37. The van der Waals surface area contributed by atoms with E-state index in [1.54, 1.807) is 0 Å². The Bertz CT molecular complexity index is 335. The van der Waals surface area contributed by atoms with Gasteiger partial charge in [-0.05, 0) is 12.1 Å². The van der Waals surface area contributed by atoms with Gasteiger partial charge >= 0.3 is 0 Å². The van der Waals surface area contributed by atoms with E-state index in [1.807, 2.05) is 0 Å². The molecule has 1 aromatic rings. The van der Waals surface area contributed by atoms with Crippen LogP contribution in [0, 0.1) is 0 Å². The number of aldehydes is 1. The van der Waals surface area contributed by atoms with Crippen LogP contribution < -0.4 is 0 Å². The molecular formula is C8H6ClF2OP. The Labute approximate surface area is 81.3 Å². The monoisotopic (exact) mass is 222 g/mol. The molecule has 0 aromatic heterocycles. The Hall–Kier alpha value is -0.530. The van der Waals surface area contributed by atoms with Crippen LogP contribution in [0.3, 0.4) is 0 Å². The fourth-order valence-corrected chi connectivity index (χ4v) is 1.45. The van der Waals surface area contributed by atoms with Crippen molar-refractivity contribution >= 4 is 27.1 Å². The van der Waals surface area contributed by atoms with Gasteiger partial charge in [0, 0.05) is 11.1 Å². The highest BCUT2D eigenvalue weighted by atomic mass is 35.5. The Morgan fingerprint density at radius 3 is 2.54 bits per heavy atom. The highest BCUT2D eigenvalue weighted by Gasteiger charge is 2.27. The number of alkyl halides is 2. The van der Waals surface area contributed by atoms with Crippen LogP contribution in [-0.4, -0.2) is 6.29 Å². The van der Waals surface area contributed by atoms with Crippen molar-refractivity contribution in [2.45, 2.75) is 5.66 Å². The third-order valence-corrected chi connectivity index (χ3v) is 2.13. The summed E-state index contributed by atoms with van der Waals surface area (Å²) in [6.07, 6.45) is 0.496. The van der Waals surface area contributed by atoms with Crippen molar-refractivity contribution in [1.82, 2.24) is 0 Å². The number of halogens is 3. The van der Waals surface area contributed by atoms with Crippen LogP contribution in [0.2, 0.25) is 5.02 Å². The molecule has 0 aliphatic rings. The van der Waals surface area contributed by atoms with E-state index in [0.717, 1.165) is 6.07 Å². The van der Waals surface area contributed by atoms with Crippen LogP contribution in [-0.2, 0) is 5.66 Å². The molecule has 0 saturated carbocycles. The average Bonchev–Trinajstić information content (AvgIpc) is 2.03. The van der Waals surface area contributed by atoms with Gasteiger partial charge in [-0.2, -0.15) is 8.78 Å². The van der Waals surface area contributed by atoms with E-state index in [2.05, 4.69) is 0 Å². The molecule has 1 atom stereocenters. The highest BCUT2D eigenvalue weighted by molar-refractivity contribution is 7.17. The summed E-state index contributed by atoms with van der Waals surface area (Å²) in [6, 6.07) is 3.73. The summed E-state index contributed by atoms with van der Waals surface area (Å²) in [7, 11) is 1.37. The summed E-state index contributed by atoms with van der Waals surface area (Å²) in [4.78, 5) is 10.3. The summed E-state index contributed by atoms with van der Waals surface area (Å²) in [6.45, 7) is 0. The quantitative estimate of drug-likeness (QED) is 0.555. The van der Waals surface area contributed by atoms with Crippen molar-refractivity contribution in [3.05, 3.63) is 34.3 Å². The number of benzene rings is 1. The molecule has 0 aliphatic heterocycles. The van der Waals surface area contributed by atoms with E-state index in [9.17, 15) is 13.6 Å². The summed E-state index contributed by atoms with van der Waals surface area (Å²) in [5.41, 5.74) is -3.28. The van der Waals surface area contributed by atoms with Crippen molar-refractivity contribution in [2.24, 2.45) is 0 Å². The third-order valence-electron chi connectivity index (χ3n) is 1.49. The van der Waals surface area contributed by atoms with Gasteiger partial charge in [-0.25, -0.2) is 0 Å². The Balaban J connectivity index is 3.27. The van der Waals surface area contributed by atoms with Crippen molar-refractivity contribution < 1.29 is 13.6 Å². The van der Waals surface area contributed by atoms with E-state index in [-0.39, 0.29) is 16.1 Å². The van der Waals surface area contributed by atoms with Crippen molar-refractivity contribution in [3.63, 3.8) is 0 Å². The van der Waals surface area contributed by atoms with E-state index in [4.69, 9.17) is 11.6 Å². The number of rotatable bonds is 2. The van der Waals surface area contributed by atoms with Crippen molar-refractivity contribution in [2.75, 3.05) is 0 Å². The van der Waals surface area contributed by atoms with Gasteiger partial charge in [0.15, 0.2) is 0 Å². The second-order valence-corrected chi connectivity index (χ2v) is 3.61. The second kappa shape index (κ2) is 3.69. The molecule has 1 nitrogen and oxygen atoms in total. The molecule has 0 bridgehead atoms. The summed E-state index contributed by atoms with van der Waals surface area (Å²) in [5.74, 6) is 0. The van der Waals surface area contributed by atoms with Crippen LogP contribution in [0.5, 0.6) is 0 Å². The maximum atomic E-state index is 12.8. The lowest BCUT2D eigenvalue weighted by atomic mass is 10.1. The van der Waals surface area contributed by atoms with Gasteiger partial charge in [0.05, 0.1) is 5.02 Å². The van der Waals surface area contributed by atoms with E-state index >= 15 is 0 Å². The predicted octanol–water partition coefficient (Wildman–Crippen LogP) is 3.08. The van der Waals surface area contributed by atoms with Crippen LogP contribution in [0.25, 0.3) is 0 Å². The molecule has 0 fully saturated rings. The summed E-state index contributed by atoms with van der Waals surface area (Å²) >= 11 is 5.53. The van der Waals surface area contributed by atoms with Gasteiger partial charge < -0.3 is 0 Å². The lowest BCUT2D eigenvalue weighted by Crippen LogP contribution is -2.04. The zero-order valence-corrected chi connectivity index (χ0v) is 8.34. The standard InChI is InChI=1S/C8H6ClF2OP/c9-7-2-1-5(4-12)3-6(7)8(10,11)13/h1-4H,13H2. The molecule has 0 saturated heterocycles. The molecule has 13 heavy (non-hydrogen) atoms. The van der Waals surface area contributed by atoms with Crippen molar-refractivity contribution in [3.8, 4) is 0 Å². The molecule has 1 rings (SSSR count). The molecule has 1 unspecified atom stereocenters. The van der Waals surface area contributed by atoms with Crippen LogP contribution in [0.1, 0.15) is 15.9 Å². The molecule has 0 radical (unpaired) electrons. The first kappa shape index (κ1) is 10.6. The number of carbonyl (C=O) groups is 1. The van der Waals surface area contributed by atoms with Crippen LogP contribution in [0.4, 0.5) is 8.78 Å². The van der Waals surface area contributed by atoms with Gasteiger partial charge in [0.2, 0.25) is 0 Å². The van der Waals surface area contributed by atoms with E-state index in [0.29, 0.717) is 6.29 Å². The fourth-order valence-electron chi connectivity index (χ4n) is 0.872. The summed E-state index contributed by atoms with van der Waals surface area (Å²) < 4.78 is 25.6. The van der Waals surface area contributed by atoms with Crippen LogP contribution >= 0.6 is 20.8 Å². The highest BCUT2D eigenvalue weighted by Crippen LogP contribution is 2.39. The molecule has 0 amide bonds. The van der Waals surface area contributed by atoms with Gasteiger partial charge in [0.1, 0.15) is 6.29 Å². The molecule has 0 N–H and O–H groups in total.